The summed E-state index contributed by atoms with van der Waals surface area (Å²) in [5.74, 6) is -0.628. The van der Waals surface area contributed by atoms with Crippen LogP contribution >= 0.6 is 0 Å². The minimum Gasteiger partial charge on any atom is -0.383 e. The highest BCUT2D eigenvalue weighted by molar-refractivity contribution is 7.92. The molecule has 31 heavy (non-hydrogen) atoms. The van der Waals surface area contributed by atoms with Gasteiger partial charge in [-0.05, 0) is 36.2 Å². The Morgan fingerprint density at radius 2 is 1.77 bits per heavy atom. The first kappa shape index (κ1) is 21.8. The van der Waals surface area contributed by atoms with Crippen molar-refractivity contribution in [2.75, 3.05) is 50.2 Å². The van der Waals surface area contributed by atoms with Gasteiger partial charge in [-0.3, -0.25) is 0 Å². The minimum absolute atomic E-state index is 0.0485. The number of morpholine rings is 1. The van der Waals surface area contributed by atoms with E-state index in [9.17, 15) is 21.6 Å². The molecule has 3 heterocycles. The van der Waals surface area contributed by atoms with E-state index in [4.69, 9.17) is 15.2 Å². The minimum atomic E-state index is -4.68. The maximum Gasteiger partial charge on any atom is 0.419 e. The molecule has 2 aliphatic rings. The summed E-state index contributed by atoms with van der Waals surface area (Å²) in [6.07, 6.45) is -3.08. The van der Waals surface area contributed by atoms with E-state index in [2.05, 4.69) is 4.98 Å². The van der Waals surface area contributed by atoms with E-state index in [-0.39, 0.29) is 17.1 Å². The Bertz CT molecular complexity index is 1060. The van der Waals surface area contributed by atoms with Crippen LogP contribution in [0.1, 0.15) is 12.0 Å². The number of aromatic nitrogens is 1. The summed E-state index contributed by atoms with van der Waals surface area (Å²) in [6.45, 7) is 2.50. The summed E-state index contributed by atoms with van der Waals surface area (Å²) < 4.78 is 77.0. The lowest BCUT2D eigenvalue weighted by Crippen LogP contribution is -2.36. The predicted molar refractivity (Wildman–Crippen MR) is 109 cm³/mol. The molecule has 0 radical (unpaired) electrons. The smallest absolute Gasteiger partial charge is 0.383 e. The number of hydrogen-bond donors (Lipinski definition) is 1. The number of hydrogen-bond acceptors (Lipinski definition) is 7. The van der Waals surface area contributed by atoms with Gasteiger partial charge < -0.3 is 20.1 Å². The van der Waals surface area contributed by atoms with Gasteiger partial charge in [0.1, 0.15) is 5.82 Å². The number of sulfone groups is 1. The molecular weight excluding hydrogens is 435 g/mol. The number of halogens is 3. The molecular formula is C20H22F3N3O4S. The Kier molecular flexibility index (Phi) is 5.84. The molecule has 2 fully saturated rings. The van der Waals surface area contributed by atoms with Crippen LogP contribution in [0, 0.1) is 0 Å². The number of nitrogens with zero attached hydrogens (tertiary/aromatic N) is 2. The van der Waals surface area contributed by atoms with E-state index >= 15 is 0 Å². The van der Waals surface area contributed by atoms with Crippen molar-refractivity contribution in [2.45, 2.75) is 22.7 Å². The zero-order chi connectivity index (χ0) is 22.2. The van der Waals surface area contributed by atoms with Crippen molar-refractivity contribution in [3.8, 4) is 11.1 Å². The quantitative estimate of drug-likeness (QED) is 0.754. The molecule has 0 spiro atoms. The van der Waals surface area contributed by atoms with Gasteiger partial charge in [0.05, 0.1) is 35.5 Å². The molecule has 2 aliphatic heterocycles. The van der Waals surface area contributed by atoms with Crippen molar-refractivity contribution in [1.82, 2.24) is 4.98 Å². The molecule has 7 nitrogen and oxygen atoms in total. The summed E-state index contributed by atoms with van der Waals surface area (Å²) >= 11 is 0. The number of anilines is 2. The monoisotopic (exact) mass is 457 g/mol. The predicted octanol–water partition coefficient (Wildman–Crippen LogP) is 2.75. The fraction of sp³-hybridized carbons (Fsp3) is 0.450. The summed E-state index contributed by atoms with van der Waals surface area (Å²) in [4.78, 5) is 5.69. The SMILES string of the molecule is Nc1ncc(-c2cc(N3CCOCC3)cc(S(=O)(=O)C3CCOC3)c2)cc1C(F)(F)F. The first-order valence-corrected chi connectivity index (χ1v) is 11.3. The molecule has 1 unspecified atom stereocenters. The third-order valence-corrected chi connectivity index (χ3v) is 7.62. The van der Waals surface area contributed by atoms with Crippen molar-refractivity contribution in [3.63, 3.8) is 0 Å². The number of pyridine rings is 1. The van der Waals surface area contributed by atoms with Crippen LogP contribution in [0.3, 0.4) is 0 Å². The molecule has 11 heteroatoms. The van der Waals surface area contributed by atoms with Crippen LogP contribution in [0.5, 0.6) is 0 Å². The number of benzene rings is 1. The van der Waals surface area contributed by atoms with Gasteiger partial charge in [-0.1, -0.05) is 0 Å². The molecule has 4 rings (SSSR count). The average molecular weight is 457 g/mol. The molecule has 2 aromatic rings. The third kappa shape index (κ3) is 4.48. The highest BCUT2D eigenvalue weighted by atomic mass is 32.2. The molecule has 0 bridgehead atoms. The second-order valence-electron chi connectivity index (χ2n) is 7.50. The topological polar surface area (TPSA) is 94.7 Å². The van der Waals surface area contributed by atoms with Gasteiger partial charge >= 0.3 is 6.18 Å². The van der Waals surface area contributed by atoms with Gasteiger partial charge in [0.25, 0.3) is 0 Å². The first-order valence-electron chi connectivity index (χ1n) is 9.79. The number of nitrogen functional groups attached to an aromatic ring is 1. The van der Waals surface area contributed by atoms with E-state index in [1.807, 2.05) is 4.90 Å². The molecule has 2 N–H and O–H groups in total. The second-order valence-corrected chi connectivity index (χ2v) is 9.73. The van der Waals surface area contributed by atoms with Gasteiger partial charge in [0, 0.05) is 37.1 Å². The van der Waals surface area contributed by atoms with Crippen molar-refractivity contribution in [3.05, 3.63) is 36.0 Å². The number of alkyl halides is 3. The van der Waals surface area contributed by atoms with Gasteiger partial charge in [-0.25, -0.2) is 13.4 Å². The van der Waals surface area contributed by atoms with E-state index in [1.54, 1.807) is 12.1 Å². The van der Waals surface area contributed by atoms with Crippen molar-refractivity contribution < 1.29 is 31.1 Å². The van der Waals surface area contributed by atoms with E-state index in [1.165, 1.54) is 12.3 Å². The molecule has 1 aromatic heterocycles. The third-order valence-electron chi connectivity index (χ3n) is 5.48. The Labute approximate surface area is 177 Å². The average Bonchev–Trinajstić information content (AvgIpc) is 3.29. The standard InChI is InChI=1S/C20H22F3N3O4S/c21-20(22,23)18-9-14(11-25-19(18)24)13-7-15(26-2-5-29-6-3-26)10-17(8-13)31(27,28)16-1-4-30-12-16/h7-11,16H,1-6,12H2,(H2,24,25). The van der Waals surface area contributed by atoms with Crippen LogP contribution in [0.25, 0.3) is 11.1 Å². The molecule has 168 valence electrons. The Morgan fingerprint density at radius 1 is 1.03 bits per heavy atom. The number of nitrogens with two attached hydrogens (primary N) is 1. The number of ether oxygens (including phenoxy) is 2. The Balaban J connectivity index is 1.84. The normalized spacial score (nSPS) is 20.2. The lowest BCUT2D eigenvalue weighted by atomic mass is 10.0. The van der Waals surface area contributed by atoms with Crippen LogP contribution in [0.4, 0.5) is 24.7 Å². The van der Waals surface area contributed by atoms with Gasteiger partial charge in [0.15, 0.2) is 9.84 Å². The Morgan fingerprint density at radius 3 is 2.42 bits per heavy atom. The summed E-state index contributed by atoms with van der Waals surface area (Å²) in [6, 6.07) is 5.53. The molecule has 2 saturated heterocycles. The van der Waals surface area contributed by atoms with Gasteiger partial charge in [0.2, 0.25) is 0 Å². The molecule has 0 saturated carbocycles. The molecule has 1 atom stereocenters. The van der Waals surface area contributed by atoms with E-state index < -0.39 is 32.6 Å². The summed E-state index contributed by atoms with van der Waals surface area (Å²) in [5, 5.41) is -0.685. The largest absolute Gasteiger partial charge is 0.419 e. The van der Waals surface area contributed by atoms with E-state index in [0.717, 1.165) is 6.07 Å². The highest BCUT2D eigenvalue weighted by Crippen LogP contribution is 2.37. The zero-order valence-electron chi connectivity index (χ0n) is 16.6. The maximum absolute atomic E-state index is 13.3. The van der Waals surface area contributed by atoms with E-state index in [0.29, 0.717) is 50.6 Å². The summed E-state index contributed by atoms with van der Waals surface area (Å²) in [5.41, 5.74) is 5.41. The van der Waals surface area contributed by atoms with Crippen molar-refractivity contribution >= 4 is 21.3 Å². The lowest BCUT2D eigenvalue weighted by molar-refractivity contribution is -0.137. The maximum atomic E-state index is 13.3. The van der Waals surface area contributed by atoms with Crippen molar-refractivity contribution in [1.29, 1.82) is 0 Å². The first-order chi connectivity index (χ1) is 14.7. The lowest BCUT2D eigenvalue weighted by Gasteiger charge is -2.30. The fourth-order valence-corrected chi connectivity index (χ4v) is 5.37. The van der Waals surface area contributed by atoms with Crippen molar-refractivity contribution in [2.24, 2.45) is 0 Å². The zero-order valence-corrected chi connectivity index (χ0v) is 17.4. The van der Waals surface area contributed by atoms with Gasteiger partial charge in [-0.2, -0.15) is 13.2 Å². The molecule has 0 aliphatic carbocycles. The molecule has 0 amide bonds. The van der Waals surface area contributed by atoms with Crippen LogP contribution in [-0.4, -0.2) is 58.2 Å². The van der Waals surface area contributed by atoms with Gasteiger partial charge in [-0.15, -0.1) is 0 Å². The van der Waals surface area contributed by atoms with Crippen LogP contribution in [0.2, 0.25) is 0 Å². The molecule has 1 aromatic carbocycles. The highest BCUT2D eigenvalue weighted by Gasteiger charge is 2.35. The summed E-state index contributed by atoms with van der Waals surface area (Å²) in [7, 11) is -3.73. The van der Waals surface area contributed by atoms with Crippen LogP contribution in [0.15, 0.2) is 35.4 Å². The number of rotatable bonds is 4. The Hall–Kier alpha value is -2.37. The second kappa shape index (κ2) is 8.29. The van der Waals surface area contributed by atoms with Crippen LogP contribution < -0.4 is 10.6 Å². The van der Waals surface area contributed by atoms with Crippen LogP contribution in [-0.2, 0) is 25.5 Å². The fourth-order valence-electron chi connectivity index (χ4n) is 3.73.